The smallest absolute Gasteiger partial charge is 0.255 e. The number of aryl methyl sites for hydroxylation is 1. The molecule has 0 bridgehead atoms. The zero-order chi connectivity index (χ0) is 16.8. The highest BCUT2D eigenvalue weighted by Gasteiger charge is 2.13. The fraction of sp³-hybridized carbons (Fsp3) is 0.412. The van der Waals surface area contributed by atoms with Gasteiger partial charge in [0.25, 0.3) is 5.56 Å². The summed E-state index contributed by atoms with van der Waals surface area (Å²) in [7, 11) is 1.61. The summed E-state index contributed by atoms with van der Waals surface area (Å²) in [4.78, 5) is 19.7. The van der Waals surface area contributed by atoms with Crippen molar-refractivity contribution in [3.63, 3.8) is 0 Å². The van der Waals surface area contributed by atoms with Gasteiger partial charge in [0.1, 0.15) is 0 Å². The number of aromatic nitrogens is 2. The molecule has 0 saturated heterocycles. The monoisotopic (exact) mass is 334 g/mol. The number of nitrogens with zero attached hydrogens (tertiary/aromatic N) is 1. The van der Waals surface area contributed by atoms with Gasteiger partial charge in [-0.05, 0) is 37.3 Å². The highest BCUT2D eigenvalue weighted by molar-refractivity contribution is 7.98. The Balaban J connectivity index is 2.39. The second-order valence-corrected chi connectivity index (χ2v) is 5.74. The molecule has 1 aromatic heterocycles. The molecule has 0 spiro atoms. The molecule has 0 aliphatic heterocycles. The number of benzene rings is 1. The zero-order valence-corrected chi connectivity index (χ0v) is 14.8. The predicted octanol–water partition coefficient (Wildman–Crippen LogP) is 3.05. The fourth-order valence-corrected chi connectivity index (χ4v) is 2.79. The zero-order valence-electron chi connectivity index (χ0n) is 13.9. The summed E-state index contributed by atoms with van der Waals surface area (Å²) in [6.45, 7) is 4.50. The van der Waals surface area contributed by atoms with Crippen LogP contribution in [0.1, 0.15) is 30.7 Å². The first-order chi connectivity index (χ1) is 11.1. The van der Waals surface area contributed by atoms with Gasteiger partial charge in [0.05, 0.1) is 19.4 Å². The number of hydrogen-bond donors (Lipinski definition) is 1. The van der Waals surface area contributed by atoms with Crippen LogP contribution in [0.4, 0.5) is 0 Å². The Kier molecular flexibility index (Phi) is 6.10. The van der Waals surface area contributed by atoms with E-state index >= 15 is 0 Å². The number of ether oxygens (including phenoxy) is 2. The molecule has 1 N–H and O–H groups in total. The Morgan fingerprint density at radius 3 is 2.65 bits per heavy atom. The molecule has 2 rings (SSSR count). The maximum atomic E-state index is 12.4. The molecule has 0 amide bonds. The first-order valence-corrected chi connectivity index (χ1v) is 8.81. The molecular formula is C17H22N2O3S. The number of methoxy groups -OCH3 is 1. The molecular weight excluding hydrogens is 312 g/mol. The molecule has 0 unspecified atom stereocenters. The van der Waals surface area contributed by atoms with Crippen LogP contribution in [0.3, 0.4) is 0 Å². The molecule has 5 nitrogen and oxygen atoms in total. The third-order valence-electron chi connectivity index (χ3n) is 3.52. The molecule has 1 heterocycles. The lowest BCUT2D eigenvalue weighted by Crippen LogP contribution is -2.19. The Labute approximate surface area is 140 Å². The van der Waals surface area contributed by atoms with Gasteiger partial charge >= 0.3 is 0 Å². The van der Waals surface area contributed by atoms with Crippen LogP contribution in [0.15, 0.2) is 28.2 Å². The molecule has 0 fully saturated rings. The maximum Gasteiger partial charge on any atom is 0.255 e. The van der Waals surface area contributed by atoms with E-state index in [9.17, 15) is 4.79 Å². The molecule has 0 atom stereocenters. The van der Waals surface area contributed by atoms with E-state index in [1.54, 1.807) is 7.11 Å². The molecule has 0 saturated carbocycles. The SMILES string of the molecule is CCOc1cc(Cc2c(CC)nc(SC)[nH]c2=O)ccc1OC. The van der Waals surface area contributed by atoms with Gasteiger partial charge in [-0.15, -0.1) is 0 Å². The summed E-state index contributed by atoms with van der Waals surface area (Å²) >= 11 is 1.44. The molecule has 6 heteroatoms. The van der Waals surface area contributed by atoms with E-state index in [0.29, 0.717) is 35.2 Å². The van der Waals surface area contributed by atoms with E-state index in [-0.39, 0.29) is 5.56 Å². The Hall–Kier alpha value is -1.95. The van der Waals surface area contributed by atoms with Gasteiger partial charge < -0.3 is 14.5 Å². The summed E-state index contributed by atoms with van der Waals surface area (Å²) in [6, 6.07) is 5.73. The molecule has 0 aliphatic rings. The number of hydrogen-bond acceptors (Lipinski definition) is 5. The van der Waals surface area contributed by atoms with Crippen LogP contribution >= 0.6 is 11.8 Å². The van der Waals surface area contributed by atoms with Gasteiger partial charge in [0.2, 0.25) is 0 Å². The first kappa shape index (κ1) is 17.4. The largest absolute Gasteiger partial charge is 0.493 e. The minimum Gasteiger partial charge on any atom is -0.493 e. The van der Waals surface area contributed by atoms with Gasteiger partial charge in [0, 0.05) is 12.0 Å². The van der Waals surface area contributed by atoms with Crippen molar-refractivity contribution in [2.45, 2.75) is 31.8 Å². The van der Waals surface area contributed by atoms with Crippen LogP contribution in [0.5, 0.6) is 11.5 Å². The Bertz CT molecular complexity index is 728. The molecule has 124 valence electrons. The minimum absolute atomic E-state index is 0.0741. The average Bonchev–Trinajstić information content (AvgIpc) is 2.57. The van der Waals surface area contributed by atoms with Crippen molar-refractivity contribution in [2.75, 3.05) is 20.0 Å². The molecule has 0 aliphatic carbocycles. The van der Waals surface area contributed by atoms with E-state index in [1.807, 2.05) is 38.3 Å². The van der Waals surface area contributed by atoms with Crippen LogP contribution in [0.2, 0.25) is 0 Å². The number of H-pyrrole nitrogens is 1. The lowest BCUT2D eigenvalue weighted by Gasteiger charge is -2.12. The lowest BCUT2D eigenvalue weighted by atomic mass is 10.0. The van der Waals surface area contributed by atoms with Gasteiger partial charge in [-0.1, -0.05) is 24.8 Å². The number of aromatic amines is 1. The fourth-order valence-electron chi connectivity index (χ4n) is 2.40. The van der Waals surface area contributed by atoms with E-state index in [2.05, 4.69) is 9.97 Å². The summed E-state index contributed by atoms with van der Waals surface area (Å²) in [5.74, 6) is 1.38. The van der Waals surface area contributed by atoms with E-state index < -0.39 is 0 Å². The van der Waals surface area contributed by atoms with Crippen LogP contribution in [-0.4, -0.2) is 29.9 Å². The number of nitrogens with one attached hydrogen (secondary N) is 1. The van der Waals surface area contributed by atoms with Crippen molar-refractivity contribution >= 4 is 11.8 Å². The Morgan fingerprint density at radius 1 is 1.26 bits per heavy atom. The minimum atomic E-state index is -0.0741. The quantitative estimate of drug-likeness (QED) is 0.623. The third kappa shape index (κ3) is 4.07. The van der Waals surface area contributed by atoms with E-state index in [0.717, 1.165) is 17.7 Å². The van der Waals surface area contributed by atoms with Gasteiger partial charge in [-0.25, -0.2) is 4.98 Å². The second-order valence-electron chi connectivity index (χ2n) is 4.95. The first-order valence-electron chi connectivity index (χ1n) is 7.58. The number of rotatable bonds is 7. The van der Waals surface area contributed by atoms with Crippen LogP contribution in [-0.2, 0) is 12.8 Å². The van der Waals surface area contributed by atoms with Gasteiger partial charge in [-0.2, -0.15) is 0 Å². The maximum absolute atomic E-state index is 12.4. The molecule has 23 heavy (non-hydrogen) atoms. The van der Waals surface area contributed by atoms with Crippen molar-refractivity contribution in [3.8, 4) is 11.5 Å². The van der Waals surface area contributed by atoms with Crippen LogP contribution < -0.4 is 15.0 Å². The second kappa shape index (κ2) is 8.06. The van der Waals surface area contributed by atoms with Crippen molar-refractivity contribution < 1.29 is 9.47 Å². The van der Waals surface area contributed by atoms with Crippen molar-refractivity contribution in [3.05, 3.63) is 45.4 Å². The summed E-state index contributed by atoms with van der Waals surface area (Å²) < 4.78 is 10.9. The summed E-state index contributed by atoms with van der Waals surface area (Å²) in [6.07, 6.45) is 3.14. The number of thioether (sulfide) groups is 1. The van der Waals surface area contributed by atoms with E-state index in [1.165, 1.54) is 11.8 Å². The van der Waals surface area contributed by atoms with Crippen molar-refractivity contribution in [1.82, 2.24) is 9.97 Å². The average molecular weight is 334 g/mol. The van der Waals surface area contributed by atoms with Gasteiger partial charge in [-0.3, -0.25) is 4.79 Å². The topological polar surface area (TPSA) is 64.2 Å². The lowest BCUT2D eigenvalue weighted by molar-refractivity contribution is 0.310. The van der Waals surface area contributed by atoms with Crippen LogP contribution in [0.25, 0.3) is 0 Å². The standard InChI is InChI=1S/C17H22N2O3S/c1-5-13-12(16(20)19-17(18-13)23-4)9-11-7-8-14(21-3)15(10-11)22-6-2/h7-8,10H,5-6,9H2,1-4H3,(H,18,19,20). The van der Waals surface area contributed by atoms with E-state index in [4.69, 9.17) is 9.47 Å². The Morgan fingerprint density at radius 2 is 2.04 bits per heavy atom. The van der Waals surface area contributed by atoms with Crippen molar-refractivity contribution in [2.24, 2.45) is 0 Å². The highest BCUT2D eigenvalue weighted by atomic mass is 32.2. The summed E-state index contributed by atoms with van der Waals surface area (Å²) in [5.41, 5.74) is 2.47. The van der Waals surface area contributed by atoms with Crippen LogP contribution in [0, 0.1) is 0 Å². The normalized spacial score (nSPS) is 10.6. The highest BCUT2D eigenvalue weighted by Crippen LogP contribution is 2.29. The molecule has 1 aromatic carbocycles. The molecule has 0 radical (unpaired) electrons. The van der Waals surface area contributed by atoms with Gasteiger partial charge in [0.15, 0.2) is 16.7 Å². The molecule has 2 aromatic rings. The third-order valence-corrected chi connectivity index (χ3v) is 4.10. The summed E-state index contributed by atoms with van der Waals surface area (Å²) in [5, 5.41) is 0.653. The predicted molar refractivity (Wildman–Crippen MR) is 93.0 cm³/mol. The van der Waals surface area contributed by atoms with Crippen molar-refractivity contribution in [1.29, 1.82) is 0 Å².